The Balaban J connectivity index is 2.15. The number of ether oxygens (including phenoxy) is 1. The number of fused-ring (bicyclic) bond motifs is 1. The summed E-state index contributed by atoms with van der Waals surface area (Å²) < 4.78 is 72.7. The largest absolute Gasteiger partial charge is 0.523 e. The summed E-state index contributed by atoms with van der Waals surface area (Å²) in [6.07, 6.45) is 1.26. The quantitative estimate of drug-likeness (QED) is 0.655. The van der Waals surface area contributed by atoms with Crippen LogP contribution in [0.3, 0.4) is 0 Å². The summed E-state index contributed by atoms with van der Waals surface area (Å²) in [5.41, 5.74) is -5.43. The molecule has 0 radical (unpaired) electrons. The molecule has 0 amide bonds. The normalized spacial score (nSPS) is 18.8. The summed E-state index contributed by atoms with van der Waals surface area (Å²) in [5, 5.41) is 1.48. The van der Waals surface area contributed by atoms with Gasteiger partial charge in [-0.25, -0.2) is 3.63 Å². The first-order chi connectivity index (χ1) is 12.2. The van der Waals surface area contributed by atoms with Gasteiger partial charge in [0.1, 0.15) is 5.75 Å². The summed E-state index contributed by atoms with van der Waals surface area (Å²) in [6.45, 7) is 2.28. The van der Waals surface area contributed by atoms with Crippen LogP contribution >= 0.6 is 10.3 Å². The van der Waals surface area contributed by atoms with Gasteiger partial charge >= 0.3 is 15.6 Å². The molecule has 0 atom stereocenters. The fourth-order valence-electron chi connectivity index (χ4n) is 3.11. The molecule has 1 aliphatic heterocycles. The molecule has 2 aromatic rings. The van der Waals surface area contributed by atoms with Crippen molar-refractivity contribution >= 4 is 31.2 Å². The lowest BCUT2D eigenvalue weighted by molar-refractivity contribution is -0.0496. The van der Waals surface area contributed by atoms with Crippen molar-refractivity contribution in [2.75, 3.05) is 18.1 Å². The van der Waals surface area contributed by atoms with E-state index in [1.165, 1.54) is 0 Å². The van der Waals surface area contributed by atoms with Gasteiger partial charge in [0.25, 0.3) is 0 Å². The monoisotopic (exact) mass is 408 g/mol. The highest BCUT2D eigenvalue weighted by Crippen LogP contribution is 2.65. The van der Waals surface area contributed by atoms with Crippen LogP contribution in [0.2, 0.25) is 0 Å². The molecule has 0 aliphatic carbocycles. The van der Waals surface area contributed by atoms with Gasteiger partial charge in [0, 0.05) is 16.4 Å². The van der Waals surface area contributed by atoms with Gasteiger partial charge in [0.15, 0.2) is 0 Å². The minimum atomic E-state index is -5.67. The first-order valence-corrected chi connectivity index (χ1v) is 11.5. The van der Waals surface area contributed by atoms with Gasteiger partial charge in [0.2, 0.25) is 0 Å². The van der Waals surface area contributed by atoms with Gasteiger partial charge in [-0.2, -0.15) is 21.6 Å². The topological polar surface area (TPSA) is 52.6 Å². The van der Waals surface area contributed by atoms with Gasteiger partial charge < -0.3 is 4.74 Å². The molecule has 0 bridgehead atoms. The Kier molecular flexibility index (Phi) is 5.15. The second kappa shape index (κ2) is 6.94. The lowest BCUT2D eigenvalue weighted by atomic mass is 10.1. The van der Waals surface area contributed by atoms with E-state index in [1.807, 2.05) is 19.1 Å². The molecule has 2 aromatic carbocycles. The number of rotatable bonds is 5. The van der Waals surface area contributed by atoms with Crippen molar-refractivity contribution in [1.29, 1.82) is 0 Å². The average molecular weight is 408 g/mol. The molecule has 9 heteroatoms. The lowest BCUT2D eigenvalue weighted by Gasteiger charge is -2.35. The first kappa shape index (κ1) is 19.3. The molecule has 144 valence electrons. The zero-order valence-electron chi connectivity index (χ0n) is 14.1. The summed E-state index contributed by atoms with van der Waals surface area (Å²) >= 11 is 0. The maximum Gasteiger partial charge on any atom is 0.523 e. The average Bonchev–Trinajstić information content (AvgIpc) is 3.02. The first-order valence-electron chi connectivity index (χ1n) is 8.15. The predicted octanol–water partition coefficient (Wildman–Crippen LogP) is 4.98. The Hall–Kier alpha value is -1.45. The zero-order chi connectivity index (χ0) is 19.0. The zero-order valence-corrected chi connectivity index (χ0v) is 15.7. The van der Waals surface area contributed by atoms with Crippen molar-refractivity contribution in [2.24, 2.45) is 0 Å². The molecule has 1 fully saturated rings. The summed E-state index contributed by atoms with van der Waals surface area (Å²) in [4.78, 5) is 0.530. The van der Waals surface area contributed by atoms with Crippen LogP contribution in [-0.4, -0.2) is 32.0 Å². The van der Waals surface area contributed by atoms with Crippen LogP contribution in [0.1, 0.15) is 19.8 Å². The molecule has 1 aliphatic rings. The van der Waals surface area contributed by atoms with E-state index < -0.39 is 25.9 Å². The summed E-state index contributed by atoms with van der Waals surface area (Å²) in [6, 6.07) is 10.5. The van der Waals surface area contributed by atoms with E-state index in [9.17, 15) is 21.6 Å². The third-order valence-corrected chi connectivity index (χ3v) is 9.61. The highest BCUT2D eigenvalue weighted by atomic mass is 32.3. The molecule has 0 spiro atoms. The minimum absolute atomic E-state index is 0.292. The second-order valence-corrected chi connectivity index (χ2v) is 10.8. The Morgan fingerprint density at radius 2 is 1.81 bits per heavy atom. The van der Waals surface area contributed by atoms with Gasteiger partial charge in [-0.3, -0.25) is 0 Å². The molecule has 0 aromatic heterocycles. The fraction of sp³-hybridized carbons (Fsp3) is 0.412. The van der Waals surface area contributed by atoms with Crippen LogP contribution in [0.5, 0.6) is 5.75 Å². The van der Waals surface area contributed by atoms with E-state index in [0.29, 0.717) is 47.0 Å². The maximum atomic E-state index is 12.9. The van der Waals surface area contributed by atoms with Crippen LogP contribution in [0.4, 0.5) is 13.2 Å². The van der Waals surface area contributed by atoms with E-state index in [1.54, 1.807) is 24.3 Å². The molecule has 3 rings (SSSR count). The van der Waals surface area contributed by atoms with Crippen molar-refractivity contribution in [1.82, 2.24) is 0 Å². The van der Waals surface area contributed by atoms with Crippen LogP contribution in [0.25, 0.3) is 10.8 Å². The third-order valence-electron chi connectivity index (χ3n) is 4.23. The van der Waals surface area contributed by atoms with E-state index in [-0.39, 0.29) is 0 Å². The van der Waals surface area contributed by atoms with Gasteiger partial charge in [0.05, 0.1) is 6.61 Å². The van der Waals surface area contributed by atoms with Gasteiger partial charge in [-0.15, -0.1) is 0 Å². The third kappa shape index (κ3) is 3.52. The molecular formula is C17H19F3O4S2. The highest BCUT2D eigenvalue weighted by molar-refractivity contribution is 8.33. The molecule has 4 nitrogen and oxygen atoms in total. The number of benzene rings is 2. The summed E-state index contributed by atoms with van der Waals surface area (Å²) in [7, 11) is -8.27. The van der Waals surface area contributed by atoms with Crippen molar-refractivity contribution in [2.45, 2.75) is 30.2 Å². The molecule has 1 saturated heterocycles. The molecular weight excluding hydrogens is 389 g/mol. The predicted molar refractivity (Wildman–Crippen MR) is 96.0 cm³/mol. The number of hydrogen-bond donors (Lipinski definition) is 0. The van der Waals surface area contributed by atoms with Crippen molar-refractivity contribution in [3.63, 3.8) is 0 Å². The molecule has 0 N–H and O–H groups in total. The van der Waals surface area contributed by atoms with Gasteiger partial charge in [-0.05, 0) is 48.7 Å². The fourth-order valence-corrected chi connectivity index (χ4v) is 8.52. The van der Waals surface area contributed by atoms with E-state index in [4.69, 9.17) is 8.37 Å². The molecule has 26 heavy (non-hydrogen) atoms. The van der Waals surface area contributed by atoms with E-state index in [2.05, 4.69) is 0 Å². The van der Waals surface area contributed by atoms with E-state index >= 15 is 0 Å². The van der Waals surface area contributed by atoms with Crippen molar-refractivity contribution < 1.29 is 30.0 Å². The Bertz CT molecular complexity index is 904. The van der Waals surface area contributed by atoms with Crippen LogP contribution in [0, 0.1) is 0 Å². The maximum absolute atomic E-state index is 12.9. The van der Waals surface area contributed by atoms with E-state index in [0.717, 1.165) is 5.39 Å². The van der Waals surface area contributed by atoms with Crippen molar-refractivity contribution in [3.05, 3.63) is 36.4 Å². The second-order valence-electron chi connectivity index (χ2n) is 5.97. The Labute approximate surface area is 151 Å². The number of alkyl halides is 3. The number of halogens is 3. The highest BCUT2D eigenvalue weighted by Gasteiger charge is 2.52. The molecule has 0 unspecified atom stereocenters. The van der Waals surface area contributed by atoms with Crippen molar-refractivity contribution in [3.8, 4) is 5.75 Å². The van der Waals surface area contributed by atoms with Crippen LogP contribution in [0.15, 0.2) is 41.3 Å². The lowest BCUT2D eigenvalue weighted by Crippen LogP contribution is -2.27. The SMILES string of the molecule is CCOc1ccc2cccc(S3(OS(=O)(=O)C(F)(F)F)CCCC3)c2c1. The summed E-state index contributed by atoms with van der Waals surface area (Å²) in [5.74, 6) is 1.17. The smallest absolute Gasteiger partial charge is 0.494 e. The standard InChI is InChI=1S/C17H19F3O4S2/c1-2-23-14-9-8-13-6-5-7-16(15(13)12-14)25(10-3-4-11-25)24-26(21,22)17(18,19)20/h5-9,12H,2-4,10-11H2,1H3. The van der Waals surface area contributed by atoms with Gasteiger partial charge in [-0.1, -0.05) is 28.5 Å². The minimum Gasteiger partial charge on any atom is -0.494 e. The molecule has 1 heterocycles. The number of hydrogen-bond acceptors (Lipinski definition) is 4. The van der Waals surface area contributed by atoms with Crippen LogP contribution in [-0.2, 0) is 13.7 Å². The Morgan fingerprint density at radius 1 is 1.12 bits per heavy atom. The van der Waals surface area contributed by atoms with Crippen LogP contribution < -0.4 is 4.74 Å². The molecule has 0 saturated carbocycles. The Morgan fingerprint density at radius 3 is 2.42 bits per heavy atom.